The number of thiophene rings is 1. The summed E-state index contributed by atoms with van der Waals surface area (Å²) < 4.78 is 1.92. The number of non-ortho nitro benzene ring substituents is 1. The molecular formula is C30H30N4O3S. The van der Waals surface area contributed by atoms with E-state index in [1.54, 1.807) is 29.7 Å². The number of anilines is 1. The van der Waals surface area contributed by atoms with Gasteiger partial charge in [-0.1, -0.05) is 39.0 Å². The van der Waals surface area contributed by atoms with Crippen LogP contribution in [0.5, 0.6) is 0 Å². The lowest BCUT2D eigenvalue weighted by Gasteiger charge is -2.33. The third-order valence-corrected chi connectivity index (χ3v) is 8.33. The van der Waals surface area contributed by atoms with Gasteiger partial charge in [-0.15, -0.1) is 11.3 Å². The van der Waals surface area contributed by atoms with Crippen molar-refractivity contribution in [3.05, 3.63) is 105 Å². The Kier molecular flexibility index (Phi) is 6.99. The minimum atomic E-state index is -0.410. The number of para-hydroxylation sites is 1. The molecule has 1 atom stereocenters. The van der Waals surface area contributed by atoms with Crippen LogP contribution in [0.2, 0.25) is 0 Å². The zero-order valence-corrected chi connectivity index (χ0v) is 22.5. The highest BCUT2D eigenvalue weighted by molar-refractivity contribution is 7.16. The molecule has 5 rings (SSSR count). The summed E-state index contributed by atoms with van der Waals surface area (Å²) in [4.78, 5) is 30.2. The summed E-state index contributed by atoms with van der Waals surface area (Å²) in [5.74, 6) is 0.413. The van der Waals surface area contributed by atoms with Crippen molar-refractivity contribution in [3.8, 4) is 5.69 Å². The van der Waals surface area contributed by atoms with Crippen LogP contribution in [0, 0.1) is 21.4 Å². The van der Waals surface area contributed by atoms with Crippen molar-refractivity contribution < 1.29 is 9.72 Å². The first-order valence-electron chi connectivity index (χ1n) is 12.7. The first-order chi connectivity index (χ1) is 18.2. The van der Waals surface area contributed by atoms with Crippen LogP contribution in [0.15, 0.2) is 77.9 Å². The minimum absolute atomic E-state index is 0.0444. The third kappa shape index (κ3) is 5.31. The predicted molar refractivity (Wildman–Crippen MR) is 153 cm³/mol. The lowest BCUT2D eigenvalue weighted by atomic mass is 9.72. The second-order valence-electron chi connectivity index (χ2n) is 10.6. The molecule has 2 aromatic heterocycles. The number of amides is 1. The molecule has 1 aliphatic rings. The van der Waals surface area contributed by atoms with Gasteiger partial charge in [0.15, 0.2) is 0 Å². The molecule has 0 saturated carbocycles. The number of hydrogen-bond donors (Lipinski definition) is 1. The van der Waals surface area contributed by atoms with Crippen LogP contribution < -0.4 is 5.32 Å². The Balaban J connectivity index is 1.49. The van der Waals surface area contributed by atoms with Crippen molar-refractivity contribution in [2.45, 2.75) is 40.0 Å². The van der Waals surface area contributed by atoms with Crippen LogP contribution in [0.1, 0.15) is 53.7 Å². The molecule has 0 spiro atoms. The highest BCUT2D eigenvalue weighted by Crippen LogP contribution is 2.45. The number of fused-ring (bicyclic) bond motifs is 1. The minimum Gasteiger partial charge on any atom is -0.322 e. The Labute approximate surface area is 226 Å². The molecule has 4 aromatic rings. The van der Waals surface area contributed by atoms with Crippen LogP contribution >= 0.6 is 11.3 Å². The molecule has 0 fully saturated rings. The number of nitro benzene ring substituents is 1. The normalized spacial score (nSPS) is 15.4. The highest BCUT2D eigenvalue weighted by atomic mass is 32.1. The molecule has 0 unspecified atom stereocenters. The largest absolute Gasteiger partial charge is 0.322 e. The van der Waals surface area contributed by atoms with E-state index in [9.17, 15) is 14.9 Å². The quantitative estimate of drug-likeness (QED) is 0.159. The summed E-state index contributed by atoms with van der Waals surface area (Å²) in [5, 5.41) is 14.8. The second-order valence-corrected chi connectivity index (χ2v) is 11.7. The summed E-state index contributed by atoms with van der Waals surface area (Å²) in [6.07, 6.45) is 6.51. The van der Waals surface area contributed by atoms with E-state index in [1.807, 2.05) is 53.2 Å². The monoisotopic (exact) mass is 526 g/mol. The number of carbonyl (C=O) groups is 1. The average molecular weight is 527 g/mol. The smallest absolute Gasteiger partial charge is 0.269 e. The van der Waals surface area contributed by atoms with E-state index < -0.39 is 4.92 Å². The molecule has 1 aliphatic carbocycles. The van der Waals surface area contributed by atoms with Gasteiger partial charge in [-0.25, -0.2) is 4.99 Å². The molecule has 0 saturated heterocycles. The molecule has 0 aliphatic heterocycles. The lowest BCUT2D eigenvalue weighted by Crippen LogP contribution is -2.27. The zero-order valence-electron chi connectivity index (χ0n) is 21.7. The van der Waals surface area contributed by atoms with Gasteiger partial charge in [-0.2, -0.15) is 0 Å². The summed E-state index contributed by atoms with van der Waals surface area (Å²) in [5.41, 5.74) is 4.37. The van der Waals surface area contributed by atoms with E-state index in [1.165, 1.54) is 17.0 Å². The Bertz CT molecular complexity index is 1490. The SMILES string of the molecule is CC(C)(C)[C@@H]1CCc2c(sc(N=Cc3cccn3-c3ccc([N+](=O)[O-])cc3)c2C(=O)Nc2ccccc2)C1. The van der Waals surface area contributed by atoms with Crippen molar-refractivity contribution in [2.75, 3.05) is 5.32 Å². The van der Waals surface area contributed by atoms with Crippen LogP contribution in [-0.2, 0) is 12.8 Å². The van der Waals surface area contributed by atoms with Gasteiger partial charge in [0, 0.05) is 34.6 Å². The number of nitro groups is 1. The maximum Gasteiger partial charge on any atom is 0.269 e. The molecule has 2 aromatic carbocycles. The van der Waals surface area contributed by atoms with Gasteiger partial charge in [-0.3, -0.25) is 14.9 Å². The van der Waals surface area contributed by atoms with E-state index in [4.69, 9.17) is 4.99 Å². The van der Waals surface area contributed by atoms with E-state index in [0.29, 0.717) is 16.5 Å². The number of nitrogens with zero attached hydrogens (tertiary/aromatic N) is 3. The van der Waals surface area contributed by atoms with Crippen LogP contribution in [0.4, 0.5) is 16.4 Å². The maximum absolute atomic E-state index is 13.5. The van der Waals surface area contributed by atoms with E-state index >= 15 is 0 Å². The first-order valence-corrected chi connectivity index (χ1v) is 13.5. The molecule has 1 amide bonds. The van der Waals surface area contributed by atoms with Crippen LogP contribution in [0.3, 0.4) is 0 Å². The number of hydrogen-bond acceptors (Lipinski definition) is 5. The fraction of sp³-hybridized carbons (Fsp3) is 0.267. The Morgan fingerprint density at radius 2 is 1.84 bits per heavy atom. The van der Waals surface area contributed by atoms with Gasteiger partial charge < -0.3 is 9.88 Å². The molecular weight excluding hydrogens is 496 g/mol. The molecule has 194 valence electrons. The fourth-order valence-electron chi connectivity index (χ4n) is 4.95. The van der Waals surface area contributed by atoms with Crippen molar-refractivity contribution in [2.24, 2.45) is 16.3 Å². The summed E-state index contributed by atoms with van der Waals surface area (Å²) >= 11 is 1.61. The number of aromatic nitrogens is 1. The molecule has 0 radical (unpaired) electrons. The number of nitrogens with one attached hydrogen (secondary N) is 1. The predicted octanol–water partition coefficient (Wildman–Crippen LogP) is 7.60. The number of carbonyl (C=O) groups excluding carboxylic acids is 1. The van der Waals surface area contributed by atoms with Gasteiger partial charge in [0.2, 0.25) is 0 Å². The van der Waals surface area contributed by atoms with Crippen molar-refractivity contribution >= 4 is 39.8 Å². The van der Waals surface area contributed by atoms with Gasteiger partial charge in [0.25, 0.3) is 11.6 Å². The third-order valence-electron chi connectivity index (χ3n) is 7.16. The topological polar surface area (TPSA) is 89.5 Å². The first kappa shape index (κ1) is 25.6. The molecule has 1 N–H and O–H groups in total. The Morgan fingerprint density at radius 3 is 2.53 bits per heavy atom. The van der Waals surface area contributed by atoms with Gasteiger partial charge in [0.1, 0.15) is 5.00 Å². The van der Waals surface area contributed by atoms with Gasteiger partial charge >= 0.3 is 0 Å². The molecule has 0 bridgehead atoms. The van der Waals surface area contributed by atoms with Crippen molar-refractivity contribution in [1.29, 1.82) is 0 Å². The van der Waals surface area contributed by atoms with E-state index in [-0.39, 0.29) is 17.0 Å². The number of benzene rings is 2. The highest BCUT2D eigenvalue weighted by Gasteiger charge is 2.33. The Hall–Kier alpha value is -4.04. The summed E-state index contributed by atoms with van der Waals surface area (Å²) in [6.45, 7) is 6.85. The van der Waals surface area contributed by atoms with E-state index in [0.717, 1.165) is 41.9 Å². The van der Waals surface area contributed by atoms with Crippen LogP contribution in [-0.4, -0.2) is 21.6 Å². The molecule has 7 nitrogen and oxygen atoms in total. The standard InChI is InChI=1S/C30H30N4O3S/c1-30(2,3)20-11-16-25-26(18-20)38-29(27(25)28(35)32-21-8-5-4-6-9-21)31-19-24-10-7-17-33(24)22-12-14-23(15-13-22)34(36)37/h4-10,12-15,17,19-20H,11,16,18H2,1-3H3,(H,32,35)/t20-/m1/s1. The van der Waals surface area contributed by atoms with Crippen LogP contribution in [0.25, 0.3) is 5.69 Å². The second kappa shape index (κ2) is 10.4. The van der Waals surface area contributed by atoms with Gasteiger partial charge in [0.05, 0.1) is 22.4 Å². The molecule has 8 heteroatoms. The number of rotatable bonds is 6. The van der Waals surface area contributed by atoms with Crippen molar-refractivity contribution in [1.82, 2.24) is 4.57 Å². The van der Waals surface area contributed by atoms with Gasteiger partial charge in [-0.05, 0) is 72.6 Å². The summed E-state index contributed by atoms with van der Waals surface area (Å²) in [7, 11) is 0. The zero-order chi connectivity index (χ0) is 26.9. The average Bonchev–Trinajstić information content (AvgIpc) is 3.51. The number of aliphatic imine (C=N–C) groups is 1. The van der Waals surface area contributed by atoms with Crippen molar-refractivity contribution in [3.63, 3.8) is 0 Å². The fourth-order valence-corrected chi connectivity index (χ4v) is 6.21. The molecule has 38 heavy (non-hydrogen) atoms. The molecule has 2 heterocycles. The Morgan fingerprint density at radius 1 is 1.11 bits per heavy atom. The van der Waals surface area contributed by atoms with E-state index in [2.05, 4.69) is 26.1 Å². The summed E-state index contributed by atoms with van der Waals surface area (Å²) in [6, 6.07) is 19.7. The lowest BCUT2D eigenvalue weighted by molar-refractivity contribution is -0.384. The maximum atomic E-state index is 13.5.